The fraction of sp³-hybridized carbons (Fsp3) is 0.100. The van der Waals surface area contributed by atoms with Crippen LogP contribution in [0.4, 0.5) is 0 Å². The number of hydrogen-bond donors (Lipinski definition) is 1. The van der Waals surface area contributed by atoms with Gasteiger partial charge in [0, 0.05) is 5.39 Å². The van der Waals surface area contributed by atoms with Crippen molar-refractivity contribution in [2.45, 2.75) is 6.42 Å². The summed E-state index contributed by atoms with van der Waals surface area (Å²) in [5, 5.41) is 12.7. The van der Waals surface area contributed by atoms with E-state index in [-0.39, 0.29) is 0 Å². The van der Waals surface area contributed by atoms with E-state index in [9.17, 15) is 5.11 Å². The van der Waals surface area contributed by atoms with Gasteiger partial charge in [-0.15, -0.1) is 0 Å². The van der Waals surface area contributed by atoms with Crippen molar-refractivity contribution in [1.29, 1.82) is 0 Å². The van der Waals surface area contributed by atoms with Crippen LogP contribution in [0.15, 0.2) is 54.6 Å². The first kappa shape index (κ1) is 11.9. The van der Waals surface area contributed by atoms with E-state index in [4.69, 9.17) is 4.74 Å². The lowest BCUT2D eigenvalue weighted by atomic mass is 9.91. The standard InChI is InChI=1S/C20H14O2/c21-17-9-10-22-20-15-8-4-3-7-14(15)18-13-6-2-1-5-12(13)11-16(18)19(17)20/h1-9,21H,10-11H2. The zero-order valence-corrected chi connectivity index (χ0v) is 12.0. The molecule has 0 radical (unpaired) electrons. The minimum atomic E-state index is 0.344. The second kappa shape index (κ2) is 4.14. The molecule has 1 aliphatic heterocycles. The molecule has 2 heteroatoms. The van der Waals surface area contributed by atoms with Crippen molar-refractivity contribution in [2.75, 3.05) is 6.61 Å². The van der Waals surface area contributed by atoms with Gasteiger partial charge in [0.05, 0.1) is 5.56 Å². The first-order chi connectivity index (χ1) is 10.8. The third-order valence-electron chi connectivity index (χ3n) is 4.69. The Kier molecular flexibility index (Phi) is 2.23. The number of aliphatic hydroxyl groups is 1. The minimum absolute atomic E-state index is 0.344. The van der Waals surface area contributed by atoms with Gasteiger partial charge in [-0.1, -0.05) is 48.5 Å². The van der Waals surface area contributed by atoms with Crippen LogP contribution in [0, 0.1) is 0 Å². The monoisotopic (exact) mass is 286 g/mol. The maximum atomic E-state index is 10.4. The van der Waals surface area contributed by atoms with Crippen molar-refractivity contribution in [3.05, 3.63) is 71.3 Å². The molecule has 22 heavy (non-hydrogen) atoms. The van der Waals surface area contributed by atoms with Gasteiger partial charge in [-0.25, -0.2) is 0 Å². The zero-order valence-electron chi connectivity index (χ0n) is 12.0. The number of rotatable bonds is 0. The van der Waals surface area contributed by atoms with Gasteiger partial charge in [0.1, 0.15) is 18.1 Å². The van der Waals surface area contributed by atoms with E-state index >= 15 is 0 Å². The molecular formula is C20H14O2. The summed E-state index contributed by atoms with van der Waals surface area (Å²) in [4.78, 5) is 0. The van der Waals surface area contributed by atoms with Crippen LogP contribution in [0.25, 0.3) is 27.7 Å². The van der Waals surface area contributed by atoms with E-state index in [1.54, 1.807) is 6.08 Å². The third-order valence-corrected chi connectivity index (χ3v) is 4.69. The molecule has 2 aliphatic rings. The summed E-state index contributed by atoms with van der Waals surface area (Å²) in [6.07, 6.45) is 2.60. The maximum Gasteiger partial charge on any atom is 0.138 e. The second-order valence-corrected chi connectivity index (χ2v) is 5.84. The molecule has 0 unspecified atom stereocenters. The topological polar surface area (TPSA) is 29.5 Å². The SMILES string of the molecule is OC1=CCOc2c1c1c(c3ccccc23)-c2ccccc2C1. The number of fused-ring (bicyclic) bond motifs is 8. The molecule has 0 amide bonds. The first-order valence-corrected chi connectivity index (χ1v) is 7.53. The summed E-state index contributed by atoms with van der Waals surface area (Å²) in [5.74, 6) is 1.17. The number of benzene rings is 3. The molecule has 0 saturated carbocycles. The third kappa shape index (κ3) is 1.39. The van der Waals surface area contributed by atoms with E-state index < -0.39 is 0 Å². The van der Waals surface area contributed by atoms with Gasteiger partial charge in [-0.2, -0.15) is 0 Å². The molecule has 0 atom stereocenters. The molecule has 2 nitrogen and oxygen atoms in total. The Hall–Kier alpha value is -2.74. The molecule has 0 spiro atoms. The normalized spacial score (nSPS) is 14.8. The van der Waals surface area contributed by atoms with Gasteiger partial charge in [0.15, 0.2) is 0 Å². The summed E-state index contributed by atoms with van der Waals surface area (Å²) < 4.78 is 5.89. The van der Waals surface area contributed by atoms with Crippen molar-refractivity contribution >= 4 is 16.5 Å². The van der Waals surface area contributed by atoms with Crippen LogP contribution in [0.2, 0.25) is 0 Å². The van der Waals surface area contributed by atoms with Gasteiger partial charge in [0.25, 0.3) is 0 Å². The summed E-state index contributed by atoms with van der Waals surface area (Å²) in [6.45, 7) is 0.425. The highest BCUT2D eigenvalue weighted by Gasteiger charge is 2.29. The predicted molar refractivity (Wildman–Crippen MR) is 88.3 cm³/mol. The Morgan fingerprint density at radius 1 is 0.864 bits per heavy atom. The van der Waals surface area contributed by atoms with E-state index in [0.717, 1.165) is 23.1 Å². The molecule has 3 aromatic carbocycles. The average molecular weight is 286 g/mol. The van der Waals surface area contributed by atoms with Crippen LogP contribution in [0.3, 0.4) is 0 Å². The van der Waals surface area contributed by atoms with Crippen LogP contribution in [-0.2, 0) is 6.42 Å². The molecule has 106 valence electrons. The van der Waals surface area contributed by atoms with Gasteiger partial charge >= 0.3 is 0 Å². The first-order valence-electron chi connectivity index (χ1n) is 7.53. The molecule has 0 aromatic heterocycles. The van der Waals surface area contributed by atoms with E-state index in [1.165, 1.54) is 27.6 Å². The van der Waals surface area contributed by atoms with E-state index in [2.05, 4.69) is 42.5 Å². The molecule has 0 bridgehead atoms. The smallest absolute Gasteiger partial charge is 0.138 e. The fourth-order valence-corrected chi connectivity index (χ4v) is 3.78. The number of ether oxygens (including phenoxy) is 1. The predicted octanol–water partition coefficient (Wildman–Crippen LogP) is 4.70. The molecular weight excluding hydrogens is 272 g/mol. The molecule has 1 aliphatic carbocycles. The van der Waals surface area contributed by atoms with E-state index in [1.807, 2.05) is 6.07 Å². The van der Waals surface area contributed by atoms with Crippen LogP contribution < -0.4 is 4.74 Å². The van der Waals surface area contributed by atoms with Gasteiger partial charge < -0.3 is 9.84 Å². The zero-order chi connectivity index (χ0) is 14.7. The largest absolute Gasteiger partial charge is 0.507 e. The summed E-state index contributed by atoms with van der Waals surface area (Å²) in [6, 6.07) is 16.8. The van der Waals surface area contributed by atoms with Crippen molar-refractivity contribution < 1.29 is 9.84 Å². The lowest BCUT2D eigenvalue weighted by Gasteiger charge is -2.21. The minimum Gasteiger partial charge on any atom is -0.507 e. The van der Waals surface area contributed by atoms with Crippen molar-refractivity contribution in [3.8, 4) is 16.9 Å². The van der Waals surface area contributed by atoms with Crippen LogP contribution in [0.1, 0.15) is 16.7 Å². The highest BCUT2D eigenvalue weighted by Crippen LogP contribution is 2.49. The Balaban J connectivity index is 2.00. The highest BCUT2D eigenvalue weighted by molar-refractivity contribution is 6.07. The molecule has 5 rings (SSSR count). The average Bonchev–Trinajstić information content (AvgIpc) is 2.94. The van der Waals surface area contributed by atoms with Crippen molar-refractivity contribution in [1.82, 2.24) is 0 Å². The lowest BCUT2D eigenvalue weighted by molar-refractivity contribution is 0.349. The maximum absolute atomic E-state index is 10.4. The Labute approximate surface area is 128 Å². The fourth-order valence-electron chi connectivity index (χ4n) is 3.78. The molecule has 0 fully saturated rings. The van der Waals surface area contributed by atoms with Crippen LogP contribution in [-0.4, -0.2) is 11.7 Å². The highest BCUT2D eigenvalue weighted by atomic mass is 16.5. The van der Waals surface area contributed by atoms with Gasteiger partial charge in [-0.3, -0.25) is 0 Å². The Morgan fingerprint density at radius 2 is 1.64 bits per heavy atom. The Bertz CT molecular complexity index is 967. The summed E-state index contributed by atoms with van der Waals surface area (Å²) in [7, 11) is 0. The van der Waals surface area contributed by atoms with Crippen LogP contribution in [0.5, 0.6) is 5.75 Å². The second-order valence-electron chi connectivity index (χ2n) is 5.84. The summed E-state index contributed by atoms with van der Waals surface area (Å²) in [5.41, 5.74) is 5.89. The molecule has 0 saturated heterocycles. The van der Waals surface area contributed by atoms with Gasteiger partial charge in [-0.05, 0) is 40.1 Å². The number of hydrogen-bond acceptors (Lipinski definition) is 2. The molecule has 3 aromatic rings. The number of aliphatic hydroxyl groups excluding tert-OH is 1. The quantitative estimate of drug-likeness (QED) is 0.507. The van der Waals surface area contributed by atoms with Gasteiger partial charge in [0.2, 0.25) is 0 Å². The van der Waals surface area contributed by atoms with Crippen molar-refractivity contribution in [3.63, 3.8) is 0 Å². The Morgan fingerprint density at radius 3 is 2.55 bits per heavy atom. The molecule has 1 heterocycles. The van der Waals surface area contributed by atoms with Crippen LogP contribution >= 0.6 is 0 Å². The van der Waals surface area contributed by atoms with E-state index in [0.29, 0.717) is 12.4 Å². The lowest BCUT2D eigenvalue weighted by Crippen LogP contribution is -2.08. The van der Waals surface area contributed by atoms with Crippen molar-refractivity contribution in [2.24, 2.45) is 0 Å². The molecule has 1 N–H and O–H groups in total. The summed E-state index contributed by atoms with van der Waals surface area (Å²) >= 11 is 0.